The molecule has 4 aliphatic rings. The van der Waals surface area contributed by atoms with Gasteiger partial charge in [0.05, 0.1) is 30.1 Å². The van der Waals surface area contributed by atoms with Crippen LogP contribution in [0.4, 0.5) is 0 Å². The Kier molecular flexibility index (Phi) is 5.68. The Bertz CT molecular complexity index is 1250. The van der Waals surface area contributed by atoms with Crippen LogP contribution in [-0.2, 0) is 26.1 Å². The second-order valence-electron chi connectivity index (χ2n) is 9.77. The summed E-state index contributed by atoms with van der Waals surface area (Å²) >= 11 is 0. The summed E-state index contributed by atoms with van der Waals surface area (Å²) in [6, 6.07) is 17.7. The fraction of sp³-hybridized carbons (Fsp3) is 0.423. The van der Waals surface area contributed by atoms with Crippen LogP contribution in [0.15, 0.2) is 59.5 Å². The van der Waals surface area contributed by atoms with Crippen LogP contribution in [0.25, 0.3) is 6.08 Å². The van der Waals surface area contributed by atoms with E-state index in [4.69, 9.17) is 9.47 Å². The highest BCUT2D eigenvalue weighted by Gasteiger charge is 2.52. The summed E-state index contributed by atoms with van der Waals surface area (Å²) < 4.78 is 40.2. The minimum atomic E-state index is -3.85. The molecule has 1 spiro atoms. The van der Waals surface area contributed by atoms with E-state index >= 15 is 0 Å². The van der Waals surface area contributed by atoms with Crippen molar-refractivity contribution < 1.29 is 22.7 Å². The highest BCUT2D eigenvalue weighted by Crippen LogP contribution is 2.38. The van der Waals surface area contributed by atoms with Crippen LogP contribution in [0.1, 0.15) is 24.0 Å². The Morgan fingerprint density at radius 2 is 1.74 bits per heavy atom. The van der Waals surface area contributed by atoms with Gasteiger partial charge >= 0.3 is 0 Å². The average Bonchev–Trinajstić information content (AvgIpc) is 3.24. The SMILES string of the molecule is O=C1CN(S(=O)(=O)C2=Cc3ccccc3OC2)CC2OC3(CCN(Cc4ccccc4)CC3)CN12. The van der Waals surface area contributed by atoms with Crippen LogP contribution < -0.4 is 4.74 Å². The predicted octanol–water partition coefficient (Wildman–Crippen LogP) is 2.29. The predicted molar refractivity (Wildman–Crippen MR) is 131 cm³/mol. The number of para-hydroxylation sites is 1. The lowest BCUT2D eigenvalue weighted by molar-refractivity contribution is -0.145. The molecule has 0 aliphatic carbocycles. The average molecular weight is 496 g/mol. The molecule has 1 atom stereocenters. The van der Waals surface area contributed by atoms with E-state index in [2.05, 4.69) is 29.2 Å². The number of benzene rings is 2. The fourth-order valence-corrected chi connectivity index (χ4v) is 6.92. The van der Waals surface area contributed by atoms with E-state index in [9.17, 15) is 13.2 Å². The molecule has 8 nitrogen and oxygen atoms in total. The number of hydrogen-bond donors (Lipinski definition) is 0. The molecule has 184 valence electrons. The van der Waals surface area contributed by atoms with Gasteiger partial charge in [0.15, 0.2) is 0 Å². The molecule has 4 aliphatic heterocycles. The van der Waals surface area contributed by atoms with Crippen LogP contribution >= 0.6 is 0 Å². The maximum Gasteiger partial charge on any atom is 0.243 e. The Morgan fingerprint density at radius 1 is 1.00 bits per heavy atom. The molecule has 0 radical (unpaired) electrons. The van der Waals surface area contributed by atoms with Crippen LogP contribution in [0.3, 0.4) is 0 Å². The minimum absolute atomic E-state index is 0.0412. The van der Waals surface area contributed by atoms with E-state index in [-0.39, 0.29) is 30.5 Å². The molecule has 35 heavy (non-hydrogen) atoms. The molecule has 2 aromatic carbocycles. The number of ether oxygens (including phenoxy) is 2. The molecule has 0 bridgehead atoms. The van der Waals surface area contributed by atoms with E-state index in [0.717, 1.165) is 38.0 Å². The second kappa shape index (κ2) is 8.74. The summed E-state index contributed by atoms with van der Waals surface area (Å²) in [6.07, 6.45) is 2.74. The van der Waals surface area contributed by atoms with Gasteiger partial charge in [-0.1, -0.05) is 48.5 Å². The minimum Gasteiger partial charge on any atom is -0.487 e. The van der Waals surface area contributed by atoms with Crippen molar-refractivity contribution in [2.24, 2.45) is 0 Å². The lowest BCUT2D eigenvalue weighted by Crippen LogP contribution is -2.56. The Morgan fingerprint density at radius 3 is 2.54 bits per heavy atom. The monoisotopic (exact) mass is 495 g/mol. The van der Waals surface area contributed by atoms with Gasteiger partial charge in [-0.05, 0) is 30.5 Å². The summed E-state index contributed by atoms with van der Waals surface area (Å²) in [5.41, 5.74) is 1.60. The smallest absolute Gasteiger partial charge is 0.243 e. The van der Waals surface area contributed by atoms with Crippen LogP contribution in [0.5, 0.6) is 5.75 Å². The van der Waals surface area contributed by atoms with Crippen molar-refractivity contribution >= 4 is 22.0 Å². The molecule has 6 rings (SSSR count). The molecule has 4 heterocycles. The molecule has 9 heteroatoms. The van der Waals surface area contributed by atoms with Gasteiger partial charge in [-0.2, -0.15) is 4.31 Å². The van der Waals surface area contributed by atoms with Gasteiger partial charge in [0.2, 0.25) is 15.9 Å². The van der Waals surface area contributed by atoms with Crippen molar-refractivity contribution in [3.8, 4) is 5.75 Å². The summed E-state index contributed by atoms with van der Waals surface area (Å²) in [5, 5.41) is 0. The van der Waals surface area contributed by atoms with Crippen LogP contribution in [0.2, 0.25) is 0 Å². The standard InChI is InChI=1S/C26H29N3O5S/c30-24-16-28(35(31,32)22-14-21-8-4-5-9-23(21)33-18-22)17-25-29(24)19-26(34-25)10-12-27(13-11-26)15-20-6-2-1-3-7-20/h1-9,14,25H,10-13,15-19H2. The van der Waals surface area contributed by atoms with Crippen molar-refractivity contribution in [3.05, 3.63) is 70.6 Å². The summed E-state index contributed by atoms with van der Waals surface area (Å²) in [6.45, 7) is 3.13. The highest BCUT2D eigenvalue weighted by atomic mass is 32.2. The zero-order valence-corrected chi connectivity index (χ0v) is 20.3. The lowest BCUT2D eigenvalue weighted by Gasteiger charge is -2.38. The van der Waals surface area contributed by atoms with Crippen molar-refractivity contribution in [1.29, 1.82) is 0 Å². The Hall–Kier alpha value is -2.72. The molecule has 1 amide bonds. The quantitative estimate of drug-likeness (QED) is 0.648. The van der Waals surface area contributed by atoms with E-state index in [0.29, 0.717) is 12.3 Å². The second-order valence-corrected chi connectivity index (χ2v) is 11.8. The third-order valence-electron chi connectivity index (χ3n) is 7.48. The summed E-state index contributed by atoms with van der Waals surface area (Å²) in [7, 11) is -3.85. The first kappa shape index (κ1) is 22.7. The number of piperazine rings is 1. The molecule has 3 fully saturated rings. The summed E-state index contributed by atoms with van der Waals surface area (Å²) in [5.74, 6) is 0.457. The first-order chi connectivity index (χ1) is 16.9. The maximum atomic E-state index is 13.4. The first-order valence-electron chi connectivity index (χ1n) is 12.1. The van der Waals surface area contributed by atoms with Crippen LogP contribution in [-0.4, -0.2) is 79.6 Å². The lowest BCUT2D eigenvalue weighted by atomic mass is 9.91. The van der Waals surface area contributed by atoms with E-state index < -0.39 is 21.9 Å². The number of piperidine rings is 1. The van der Waals surface area contributed by atoms with Crippen molar-refractivity contribution in [1.82, 2.24) is 14.1 Å². The number of carbonyl (C=O) groups excluding carboxylic acids is 1. The van der Waals surface area contributed by atoms with Gasteiger partial charge < -0.3 is 14.4 Å². The van der Waals surface area contributed by atoms with Gasteiger partial charge in [0, 0.05) is 25.2 Å². The van der Waals surface area contributed by atoms with Gasteiger partial charge in [-0.25, -0.2) is 8.42 Å². The Labute approximate surface area is 205 Å². The third-order valence-corrected chi connectivity index (χ3v) is 9.33. The number of amides is 1. The van der Waals surface area contributed by atoms with Gasteiger partial charge in [0.25, 0.3) is 0 Å². The first-order valence-corrected chi connectivity index (χ1v) is 13.5. The van der Waals surface area contributed by atoms with Gasteiger partial charge in [-0.15, -0.1) is 0 Å². The molecule has 0 saturated carbocycles. The molecule has 3 saturated heterocycles. The number of likely N-dealkylation sites (tertiary alicyclic amines) is 1. The number of carbonyl (C=O) groups is 1. The molecule has 0 aromatic heterocycles. The largest absolute Gasteiger partial charge is 0.487 e. The number of sulfonamides is 1. The molecular formula is C26H29N3O5S. The fourth-order valence-electron chi connectivity index (χ4n) is 5.50. The normalized spacial score (nSPS) is 24.6. The van der Waals surface area contributed by atoms with Gasteiger partial charge in [-0.3, -0.25) is 9.69 Å². The number of rotatable bonds is 4. The van der Waals surface area contributed by atoms with Crippen molar-refractivity contribution in [2.45, 2.75) is 31.2 Å². The van der Waals surface area contributed by atoms with Crippen molar-refractivity contribution in [2.75, 3.05) is 39.3 Å². The topological polar surface area (TPSA) is 79.4 Å². The van der Waals surface area contributed by atoms with E-state index in [1.807, 2.05) is 30.3 Å². The zero-order chi connectivity index (χ0) is 24.0. The Balaban J connectivity index is 1.13. The number of fused-ring (bicyclic) bond motifs is 2. The maximum absolute atomic E-state index is 13.4. The third kappa shape index (κ3) is 4.27. The zero-order valence-electron chi connectivity index (χ0n) is 19.5. The molecule has 1 unspecified atom stereocenters. The molecular weight excluding hydrogens is 466 g/mol. The van der Waals surface area contributed by atoms with E-state index in [1.54, 1.807) is 11.0 Å². The molecule has 0 N–H and O–H groups in total. The highest BCUT2D eigenvalue weighted by molar-refractivity contribution is 7.93. The summed E-state index contributed by atoms with van der Waals surface area (Å²) in [4.78, 5) is 17.3. The number of hydrogen-bond acceptors (Lipinski definition) is 6. The van der Waals surface area contributed by atoms with Crippen molar-refractivity contribution in [3.63, 3.8) is 0 Å². The van der Waals surface area contributed by atoms with Gasteiger partial charge in [0.1, 0.15) is 18.6 Å². The van der Waals surface area contributed by atoms with Crippen LogP contribution in [0, 0.1) is 0 Å². The molecule has 2 aromatic rings. The number of nitrogens with zero attached hydrogens (tertiary/aromatic N) is 3. The van der Waals surface area contributed by atoms with E-state index in [1.165, 1.54) is 9.87 Å².